The van der Waals surface area contributed by atoms with E-state index >= 15 is 0 Å². The van der Waals surface area contributed by atoms with Crippen LogP contribution in [0.15, 0.2) is 36.4 Å². The maximum absolute atomic E-state index is 12.4. The molecule has 1 unspecified atom stereocenters. The molecule has 3 N–H and O–H groups in total. The minimum atomic E-state index is -0.778. The molecule has 1 fully saturated rings. The number of hydrogen-bond donors (Lipinski definition) is 3. The second kappa shape index (κ2) is 14.3. The van der Waals surface area contributed by atoms with E-state index < -0.39 is 18.2 Å². The first-order valence-electron chi connectivity index (χ1n) is 12.2. The maximum Gasteiger partial charge on any atom is 0.303 e. The largest absolute Gasteiger partial charge is 0.481 e. The molecule has 0 bridgehead atoms. The SMILES string of the molecule is CC(C)OCCc1cccc(CC(O)/C=C/[C@H]2[C@H](O)CC(=O)[C@@H]2CCCCCCC(=O)O)c1. The van der Waals surface area contributed by atoms with Gasteiger partial charge in [0.05, 0.1) is 24.9 Å². The summed E-state index contributed by atoms with van der Waals surface area (Å²) in [5, 5.41) is 29.6. The number of rotatable bonds is 15. The van der Waals surface area contributed by atoms with Gasteiger partial charge in [-0.3, -0.25) is 9.59 Å². The lowest BCUT2D eigenvalue weighted by atomic mass is 9.88. The number of carboxylic acids is 1. The standard InChI is InChI=1S/C27H40O6/c1-19(2)33-15-14-20-8-7-9-21(16-20)17-22(28)12-13-24-23(25(29)18-26(24)30)10-5-3-4-6-11-27(31)32/h7-9,12-13,16,19,22-24,26,28,30H,3-6,10-11,14-15,17-18H2,1-2H3,(H,31,32)/b13-12+/t22?,23-,24-,26-/m1/s1. The van der Waals surface area contributed by atoms with Gasteiger partial charge in [0, 0.05) is 31.1 Å². The molecule has 1 aliphatic rings. The molecule has 2 rings (SSSR count). The molecule has 6 nitrogen and oxygen atoms in total. The molecule has 1 saturated carbocycles. The number of carbonyl (C=O) groups excluding carboxylic acids is 1. The highest BCUT2D eigenvalue weighted by Gasteiger charge is 2.39. The summed E-state index contributed by atoms with van der Waals surface area (Å²) in [4.78, 5) is 22.9. The van der Waals surface area contributed by atoms with Crippen molar-refractivity contribution in [3.8, 4) is 0 Å². The van der Waals surface area contributed by atoms with Gasteiger partial charge in [0.25, 0.3) is 0 Å². The van der Waals surface area contributed by atoms with Crippen molar-refractivity contribution in [3.63, 3.8) is 0 Å². The number of aliphatic hydroxyl groups is 2. The van der Waals surface area contributed by atoms with Gasteiger partial charge in [-0.05, 0) is 44.2 Å². The van der Waals surface area contributed by atoms with E-state index in [1.807, 2.05) is 32.1 Å². The number of ketones is 1. The molecule has 0 spiro atoms. The minimum absolute atomic E-state index is 0.0773. The van der Waals surface area contributed by atoms with E-state index in [0.29, 0.717) is 25.9 Å². The number of unbranched alkanes of at least 4 members (excludes halogenated alkanes) is 3. The quantitative estimate of drug-likeness (QED) is 0.269. The molecular formula is C27H40O6. The third-order valence-electron chi connectivity index (χ3n) is 6.22. The summed E-state index contributed by atoms with van der Waals surface area (Å²) in [5.74, 6) is -1.20. The number of ether oxygens (including phenoxy) is 1. The molecule has 0 aliphatic heterocycles. The summed E-state index contributed by atoms with van der Waals surface area (Å²) in [5.41, 5.74) is 2.21. The predicted octanol–water partition coefficient (Wildman–Crippen LogP) is 4.11. The molecule has 1 aromatic carbocycles. The Balaban J connectivity index is 1.84. The minimum Gasteiger partial charge on any atom is -0.481 e. The lowest BCUT2D eigenvalue weighted by Crippen LogP contribution is -2.19. The van der Waals surface area contributed by atoms with Crippen molar-refractivity contribution >= 4 is 11.8 Å². The Hall–Kier alpha value is -2.02. The molecule has 0 heterocycles. The van der Waals surface area contributed by atoms with E-state index in [1.165, 1.54) is 5.56 Å². The molecule has 184 valence electrons. The molecule has 6 heteroatoms. The topological polar surface area (TPSA) is 104 Å². The van der Waals surface area contributed by atoms with Crippen molar-refractivity contribution in [1.82, 2.24) is 0 Å². The van der Waals surface area contributed by atoms with Gasteiger partial charge in [0.15, 0.2) is 0 Å². The van der Waals surface area contributed by atoms with Crippen LogP contribution in [-0.4, -0.2) is 52.0 Å². The van der Waals surface area contributed by atoms with Gasteiger partial charge >= 0.3 is 5.97 Å². The molecule has 1 aromatic rings. The van der Waals surface area contributed by atoms with Gasteiger partial charge in [0.1, 0.15) is 5.78 Å². The van der Waals surface area contributed by atoms with Crippen LogP contribution < -0.4 is 0 Å². The maximum atomic E-state index is 12.4. The van der Waals surface area contributed by atoms with E-state index in [9.17, 15) is 19.8 Å². The summed E-state index contributed by atoms with van der Waals surface area (Å²) >= 11 is 0. The van der Waals surface area contributed by atoms with E-state index in [0.717, 1.165) is 31.2 Å². The average Bonchev–Trinajstić information content (AvgIpc) is 3.01. The van der Waals surface area contributed by atoms with Crippen molar-refractivity contribution in [2.24, 2.45) is 11.8 Å². The highest BCUT2D eigenvalue weighted by molar-refractivity contribution is 5.84. The fourth-order valence-corrected chi connectivity index (χ4v) is 4.48. The van der Waals surface area contributed by atoms with Crippen LogP contribution in [0.4, 0.5) is 0 Å². The number of aliphatic carboxylic acids is 1. The highest BCUT2D eigenvalue weighted by atomic mass is 16.5. The average molecular weight is 461 g/mol. The monoisotopic (exact) mass is 460 g/mol. The Morgan fingerprint density at radius 2 is 1.91 bits per heavy atom. The second-order valence-corrected chi connectivity index (χ2v) is 9.41. The summed E-state index contributed by atoms with van der Waals surface area (Å²) in [7, 11) is 0. The third-order valence-corrected chi connectivity index (χ3v) is 6.22. The van der Waals surface area contributed by atoms with Crippen LogP contribution in [0.3, 0.4) is 0 Å². The normalized spacial score (nSPS) is 21.8. The van der Waals surface area contributed by atoms with Crippen LogP contribution in [0.5, 0.6) is 0 Å². The van der Waals surface area contributed by atoms with Crippen molar-refractivity contribution < 1.29 is 29.6 Å². The summed E-state index contributed by atoms with van der Waals surface area (Å²) < 4.78 is 5.61. The number of carboxylic acid groups (broad SMARTS) is 1. The number of carbonyl (C=O) groups is 2. The third kappa shape index (κ3) is 10.2. The Bertz CT molecular complexity index is 772. The molecule has 4 atom stereocenters. The predicted molar refractivity (Wildman–Crippen MR) is 128 cm³/mol. The zero-order valence-corrected chi connectivity index (χ0v) is 20.0. The molecule has 0 saturated heterocycles. The van der Waals surface area contributed by atoms with Crippen LogP contribution in [0.25, 0.3) is 0 Å². The smallest absolute Gasteiger partial charge is 0.303 e. The van der Waals surface area contributed by atoms with Gasteiger partial charge in [-0.15, -0.1) is 0 Å². The van der Waals surface area contributed by atoms with Gasteiger partial charge in [-0.1, -0.05) is 55.7 Å². The summed E-state index contributed by atoms with van der Waals surface area (Å²) in [6.45, 7) is 4.69. The number of benzene rings is 1. The van der Waals surface area contributed by atoms with Crippen LogP contribution in [0.1, 0.15) is 69.9 Å². The summed E-state index contributed by atoms with van der Waals surface area (Å²) in [6, 6.07) is 8.12. The van der Waals surface area contributed by atoms with Crippen molar-refractivity contribution in [2.45, 2.75) is 89.9 Å². The zero-order chi connectivity index (χ0) is 24.2. The summed E-state index contributed by atoms with van der Waals surface area (Å²) in [6.07, 6.45) is 7.86. The lowest BCUT2D eigenvalue weighted by molar-refractivity contribution is -0.137. The Morgan fingerprint density at radius 1 is 1.18 bits per heavy atom. The lowest BCUT2D eigenvalue weighted by Gasteiger charge is -2.18. The fraction of sp³-hybridized carbons (Fsp3) is 0.630. The van der Waals surface area contributed by atoms with Crippen LogP contribution in [0.2, 0.25) is 0 Å². The Labute approximate surface area is 197 Å². The molecule has 0 radical (unpaired) electrons. The first-order valence-corrected chi connectivity index (χ1v) is 12.2. The van der Waals surface area contributed by atoms with E-state index in [4.69, 9.17) is 9.84 Å². The van der Waals surface area contributed by atoms with Crippen LogP contribution in [-0.2, 0) is 27.2 Å². The number of hydrogen-bond acceptors (Lipinski definition) is 5. The van der Waals surface area contributed by atoms with Gasteiger partial charge in [-0.25, -0.2) is 0 Å². The number of aliphatic hydroxyl groups excluding tert-OH is 2. The first-order chi connectivity index (χ1) is 15.8. The van der Waals surface area contributed by atoms with Crippen LogP contribution >= 0.6 is 0 Å². The van der Waals surface area contributed by atoms with Gasteiger partial charge in [0.2, 0.25) is 0 Å². The van der Waals surface area contributed by atoms with Gasteiger partial charge < -0.3 is 20.1 Å². The Morgan fingerprint density at radius 3 is 2.64 bits per heavy atom. The van der Waals surface area contributed by atoms with Crippen molar-refractivity contribution in [3.05, 3.63) is 47.5 Å². The van der Waals surface area contributed by atoms with Crippen molar-refractivity contribution in [1.29, 1.82) is 0 Å². The second-order valence-electron chi connectivity index (χ2n) is 9.41. The van der Waals surface area contributed by atoms with Gasteiger partial charge in [-0.2, -0.15) is 0 Å². The molecule has 1 aliphatic carbocycles. The molecular weight excluding hydrogens is 420 g/mol. The first kappa shape index (κ1) is 27.2. The fourth-order valence-electron chi connectivity index (χ4n) is 4.48. The van der Waals surface area contributed by atoms with Crippen molar-refractivity contribution in [2.75, 3.05) is 6.61 Å². The molecule has 0 amide bonds. The van der Waals surface area contributed by atoms with Crippen LogP contribution in [0, 0.1) is 11.8 Å². The Kier molecular flexibility index (Phi) is 11.8. The van der Waals surface area contributed by atoms with E-state index in [2.05, 4.69) is 12.1 Å². The molecule has 33 heavy (non-hydrogen) atoms. The van der Waals surface area contributed by atoms with E-state index in [1.54, 1.807) is 6.08 Å². The van der Waals surface area contributed by atoms with E-state index in [-0.39, 0.29) is 36.6 Å². The number of Topliss-reactive ketones (excluding diaryl/α,β-unsaturated/α-hetero) is 1. The zero-order valence-electron chi connectivity index (χ0n) is 20.0. The highest BCUT2D eigenvalue weighted by Crippen LogP contribution is 2.34. The molecule has 0 aromatic heterocycles.